The van der Waals surface area contributed by atoms with Crippen molar-refractivity contribution >= 4 is 23.6 Å². The Hall–Kier alpha value is -1.15. The summed E-state index contributed by atoms with van der Waals surface area (Å²) in [6, 6.07) is 0. The van der Waals surface area contributed by atoms with E-state index in [4.69, 9.17) is 30.5 Å². The molecule has 2 amide bonds. The van der Waals surface area contributed by atoms with Crippen molar-refractivity contribution in [2.24, 2.45) is 5.92 Å². The monoisotopic (exact) mass is 401 g/mol. The molecule has 8 heteroatoms. The van der Waals surface area contributed by atoms with Crippen LogP contribution in [0, 0.1) is 5.92 Å². The van der Waals surface area contributed by atoms with Crippen LogP contribution in [0.2, 0.25) is 0 Å². The summed E-state index contributed by atoms with van der Waals surface area (Å²) in [5, 5.41) is 2.11. The highest BCUT2D eigenvalue weighted by molar-refractivity contribution is 6.28. The molecule has 6 atom stereocenters. The lowest BCUT2D eigenvalue weighted by atomic mass is 9.68. The van der Waals surface area contributed by atoms with Gasteiger partial charge < -0.3 is 18.9 Å². The smallest absolute Gasteiger partial charge is 0.414 e. The molecule has 2 saturated heterocycles. The van der Waals surface area contributed by atoms with Gasteiger partial charge >= 0.3 is 6.09 Å². The van der Waals surface area contributed by atoms with Crippen LogP contribution in [0.1, 0.15) is 40.0 Å². The van der Waals surface area contributed by atoms with Crippen LogP contribution in [-0.2, 0) is 23.7 Å². The summed E-state index contributed by atoms with van der Waals surface area (Å²) < 4.78 is 23.2. The third-order valence-electron chi connectivity index (χ3n) is 5.86. The Balaban J connectivity index is 1.73. The molecule has 0 aromatic carbocycles. The number of amides is 2. The van der Waals surface area contributed by atoms with Crippen LogP contribution >= 0.6 is 11.6 Å². The summed E-state index contributed by atoms with van der Waals surface area (Å²) in [7, 11) is 1.61. The van der Waals surface area contributed by atoms with Gasteiger partial charge in [0.2, 0.25) is 5.91 Å². The summed E-state index contributed by atoms with van der Waals surface area (Å²) in [4.78, 5) is 23.3. The zero-order valence-corrected chi connectivity index (χ0v) is 17.0. The molecule has 2 heterocycles. The van der Waals surface area contributed by atoms with Crippen LogP contribution in [0.25, 0.3) is 0 Å². The number of allylic oxidation sites excluding steroid dienone is 1. The van der Waals surface area contributed by atoms with Gasteiger partial charge in [0, 0.05) is 7.11 Å². The zero-order chi connectivity index (χ0) is 19.8. The van der Waals surface area contributed by atoms with E-state index in [9.17, 15) is 9.59 Å². The van der Waals surface area contributed by atoms with Crippen LogP contribution < -0.4 is 5.32 Å². The Bertz CT molecular complexity index is 630. The molecule has 3 aliphatic rings. The largest absolute Gasteiger partial charge is 0.443 e. The number of carbonyl (C=O) groups is 2. The molecular formula is C19H28ClNO6. The molecule has 3 rings (SSSR count). The minimum atomic E-state index is -0.804. The minimum Gasteiger partial charge on any atom is -0.443 e. The molecule has 1 spiro atoms. The number of carbonyl (C=O) groups excluding carboxylic acids is 2. The van der Waals surface area contributed by atoms with Gasteiger partial charge in [-0.15, -0.1) is 11.6 Å². The van der Waals surface area contributed by atoms with E-state index in [2.05, 4.69) is 32.2 Å². The van der Waals surface area contributed by atoms with Gasteiger partial charge in [0.1, 0.15) is 29.3 Å². The molecule has 5 unspecified atom stereocenters. The van der Waals surface area contributed by atoms with E-state index < -0.39 is 23.7 Å². The van der Waals surface area contributed by atoms with Gasteiger partial charge in [-0.2, -0.15) is 0 Å². The van der Waals surface area contributed by atoms with E-state index in [1.165, 1.54) is 5.57 Å². The molecule has 1 aliphatic carbocycles. The molecule has 0 radical (unpaired) electrons. The first-order chi connectivity index (χ1) is 12.8. The summed E-state index contributed by atoms with van der Waals surface area (Å²) in [6.45, 7) is 6.87. The molecule has 27 heavy (non-hydrogen) atoms. The second-order valence-corrected chi connectivity index (χ2v) is 8.27. The van der Waals surface area contributed by atoms with Crippen LogP contribution in [-0.4, -0.2) is 61.1 Å². The number of hydrogen-bond acceptors (Lipinski definition) is 6. The number of alkyl halides is 1. The molecule has 1 N–H and O–H groups in total. The molecule has 152 valence electrons. The van der Waals surface area contributed by atoms with E-state index in [0.717, 1.165) is 12.8 Å². The molecule has 0 aromatic heterocycles. The highest BCUT2D eigenvalue weighted by atomic mass is 35.5. The number of nitrogens with one attached hydrogen (secondary N) is 1. The number of rotatable bonds is 6. The predicted octanol–water partition coefficient (Wildman–Crippen LogP) is 2.55. The maximum atomic E-state index is 12.0. The highest BCUT2D eigenvalue weighted by Crippen LogP contribution is 2.59. The fourth-order valence-electron chi connectivity index (χ4n) is 4.38. The second kappa shape index (κ2) is 7.70. The molecule has 2 aliphatic heterocycles. The first-order valence-electron chi connectivity index (χ1n) is 9.30. The van der Waals surface area contributed by atoms with Gasteiger partial charge in [0.25, 0.3) is 0 Å². The molecule has 7 nitrogen and oxygen atoms in total. The van der Waals surface area contributed by atoms with Crippen molar-refractivity contribution in [1.29, 1.82) is 0 Å². The average molecular weight is 402 g/mol. The zero-order valence-electron chi connectivity index (χ0n) is 16.2. The SMILES string of the molecule is COC1C(OC(=O)NC(=O)CCl)CCC2(CO2)C1C1(C)O[C@@H]1CC=C(C)C. The minimum absolute atomic E-state index is 0.0548. The molecule has 1 saturated carbocycles. The molecule has 3 fully saturated rings. The summed E-state index contributed by atoms with van der Waals surface area (Å²) in [6.07, 6.45) is 2.78. The predicted molar refractivity (Wildman–Crippen MR) is 98.7 cm³/mol. The number of epoxide rings is 2. The second-order valence-electron chi connectivity index (χ2n) is 8.00. The normalized spacial score (nSPS) is 39.6. The average Bonchev–Trinajstić information content (AvgIpc) is 3.52. The molecular weight excluding hydrogens is 374 g/mol. The van der Waals surface area contributed by atoms with E-state index >= 15 is 0 Å². The van der Waals surface area contributed by atoms with Crippen LogP contribution in [0.5, 0.6) is 0 Å². The van der Waals surface area contributed by atoms with Crippen molar-refractivity contribution in [3.05, 3.63) is 11.6 Å². The topological polar surface area (TPSA) is 89.7 Å². The lowest BCUT2D eigenvalue weighted by molar-refractivity contribution is -0.124. The quantitative estimate of drug-likeness (QED) is 0.418. The van der Waals surface area contributed by atoms with Crippen molar-refractivity contribution < 1.29 is 28.5 Å². The van der Waals surface area contributed by atoms with E-state index in [1.807, 2.05) is 0 Å². The molecule has 0 aromatic rings. The Morgan fingerprint density at radius 2 is 2.07 bits per heavy atom. The van der Waals surface area contributed by atoms with E-state index in [1.54, 1.807) is 7.11 Å². The van der Waals surface area contributed by atoms with Crippen LogP contribution in [0.3, 0.4) is 0 Å². The van der Waals surface area contributed by atoms with Crippen molar-refractivity contribution in [1.82, 2.24) is 5.32 Å². The van der Waals surface area contributed by atoms with Gasteiger partial charge in [0.15, 0.2) is 0 Å². The fraction of sp³-hybridized carbons (Fsp3) is 0.789. The summed E-state index contributed by atoms with van der Waals surface area (Å²) in [5.41, 5.74) is 0.574. The highest BCUT2D eigenvalue weighted by Gasteiger charge is 2.72. The number of methoxy groups -OCH3 is 1. The Kier molecular flexibility index (Phi) is 5.87. The van der Waals surface area contributed by atoms with Gasteiger partial charge in [-0.25, -0.2) is 4.79 Å². The number of halogens is 1. The van der Waals surface area contributed by atoms with Gasteiger partial charge in [-0.05, 0) is 40.0 Å². The van der Waals surface area contributed by atoms with E-state index in [-0.39, 0.29) is 29.6 Å². The maximum absolute atomic E-state index is 12.0. The van der Waals surface area contributed by atoms with Gasteiger partial charge in [-0.1, -0.05) is 11.6 Å². The first-order valence-corrected chi connectivity index (χ1v) is 9.83. The summed E-state index contributed by atoms with van der Waals surface area (Å²) >= 11 is 5.42. The number of alkyl carbamates (subject to hydrolysis) is 1. The van der Waals surface area contributed by atoms with Gasteiger partial charge in [0.05, 0.1) is 18.6 Å². The Morgan fingerprint density at radius 1 is 1.37 bits per heavy atom. The van der Waals surface area contributed by atoms with Crippen molar-refractivity contribution in [2.45, 2.75) is 69.5 Å². The maximum Gasteiger partial charge on any atom is 0.414 e. The third-order valence-corrected chi connectivity index (χ3v) is 6.10. The summed E-state index contributed by atoms with van der Waals surface area (Å²) in [5.74, 6) is -0.949. The Morgan fingerprint density at radius 3 is 2.63 bits per heavy atom. The van der Waals surface area contributed by atoms with Crippen LogP contribution in [0.15, 0.2) is 11.6 Å². The Labute approximate surface area is 164 Å². The number of imide groups is 1. The van der Waals surface area contributed by atoms with Crippen molar-refractivity contribution in [3.8, 4) is 0 Å². The third kappa shape index (κ3) is 4.16. The van der Waals surface area contributed by atoms with Gasteiger partial charge in [-0.3, -0.25) is 10.1 Å². The number of hydrogen-bond donors (Lipinski definition) is 1. The van der Waals surface area contributed by atoms with Crippen molar-refractivity contribution in [3.63, 3.8) is 0 Å². The molecule has 0 bridgehead atoms. The standard InChI is InChI=1S/C19H28ClNO6/c1-11(2)5-6-13-18(3,27-13)16-15(24-4)12(7-8-19(16)10-25-19)26-17(23)21-14(22)9-20/h5,12-13,15-16H,6-10H2,1-4H3,(H,21,22,23)/t12?,13-,15?,16?,18?,19?/m1/s1. The van der Waals surface area contributed by atoms with Crippen molar-refractivity contribution in [2.75, 3.05) is 19.6 Å². The number of ether oxygens (including phenoxy) is 4. The first kappa shape index (κ1) is 20.6. The van der Waals surface area contributed by atoms with E-state index in [0.29, 0.717) is 13.0 Å². The lowest BCUT2D eigenvalue weighted by Gasteiger charge is -2.42. The lowest BCUT2D eigenvalue weighted by Crippen LogP contribution is -2.56. The fourth-order valence-corrected chi connectivity index (χ4v) is 4.45. The van der Waals surface area contributed by atoms with Crippen LogP contribution in [0.4, 0.5) is 4.79 Å².